The number of aromatic nitrogens is 4. The van der Waals surface area contributed by atoms with Crippen LogP contribution >= 0.6 is 0 Å². The number of rotatable bonds is 2. The Morgan fingerprint density at radius 3 is 2.78 bits per heavy atom. The number of nitrogens with zero attached hydrogens (tertiary/aromatic N) is 4. The number of aromatic amines is 1. The first-order chi connectivity index (χ1) is 11.2. The highest BCUT2D eigenvalue weighted by Gasteiger charge is 2.20. The molecule has 6 nitrogen and oxygen atoms in total. The van der Waals surface area contributed by atoms with Crippen molar-refractivity contribution < 1.29 is 0 Å². The van der Waals surface area contributed by atoms with E-state index in [-0.39, 0.29) is 11.6 Å². The van der Waals surface area contributed by atoms with Crippen LogP contribution < -0.4 is 5.56 Å². The van der Waals surface area contributed by atoms with Gasteiger partial charge in [0.2, 0.25) is 0 Å². The Labute approximate surface area is 133 Å². The molecule has 6 heteroatoms. The molecule has 4 rings (SSSR count). The van der Waals surface area contributed by atoms with Gasteiger partial charge in [-0.1, -0.05) is 6.07 Å². The third kappa shape index (κ3) is 2.55. The number of fused-ring (bicyclic) bond motifs is 1. The molecule has 0 radical (unpaired) electrons. The Bertz CT molecular complexity index is 876. The molecule has 0 atom stereocenters. The summed E-state index contributed by atoms with van der Waals surface area (Å²) in [7, 11) is 2.12. The fourth-order valence-corrected chi connectivity index (χ4v) is 3.26. The largest absolute Gasteiger partial charge is 0.306 e. The van der Waals surface area contributed by atoms with Crippen molar-refractivity contribution in [2.45, 2.75) is 18.9 Å². The molecule has 0 unspecified atom stereocenters. The number of hydrogen-bond donors (Lipinski definition) is 1. The molecule has 1 aliphatic rings. The predicted molar refractivity (Wildman–Crippen MR) is 89.4 cm³/mol. The highest BCUT2D eigenvalue weighted by atomic mass is 16.1. The predicted octanol–water partition coefficient (Wildman–Crippen LogP) is 2.05. The Morgan fingerprint density at radius 2 is 2.04 bits per heavy atom. The van der Waals surface area contributed by atoms with Gasteiger partial charge in [-0.15, -0.1) is 0 Å². The first-order valence-electron chi connectivity index (χ1n) is 7.91. The summed E-state index contributed by atoms with van der Waals surface area (Å²) in [5.41, 5.74) is 2.80. The molecule has 118 valence electrons. The average molecular weight is 309 g/mol. The molecule has 0 saturated carbocycles. The SMILES string of the molecule is CN1CCC(n2cnc3cc(-c4cn[nH]c4)ccc3c2=O)CC1. The summed E-state index contributed by atoms with van der Waals surface area (Å²) >= 11 is 0. The first-order valence-corrected chi connectivity index (χ1v) is 7.91. The molecule has 1 aliphatic heterocycles. The van der Waals surface area contributed by atoms with E-state index < -0.39 is 0 Å². The van der Waals surface area contributed by atoms with Crippen molar-refractivity contribution in [2.75, 3.05) is 20.1 Å². The van der Waals surface area contributed by atoms with E-state index in [9.17, 15) is 4.79 Å². The van der Waals surface area contributed by atoms with Gasteiger partial charge >= 0.3 is 0 Å². The van der Waals surface area contributed by atoms with E-state index in [0.29, 0.717) is 5.39 Å². The number of benzene rings is 1. The van der Waals surface area contributed by atoms with Gasteiger partial charge in [-0.25, -0.2) is 4.98 Å². The molecule has 1 saturated heterocycles. The number of H-pyrrole nitrogens is 1. The van der Waals surface area contributed by atoms with Crippen LogP contribution in [-0.4, -0.2) is 44.8 Å². The maximum absolute atomic E-state index is 12.8. The molecule has 1 fully saturated rings. The van der Waals surface area contributed by atoms with Crippen LogP contribution in [0.2, 0.25) is 0 Å². The quantitative estimate of drug-likeness (QED) is 0.787. The molecule has 2 aromatic heterocycles. The average Bonchev–Trinajstić information content (AvgIpc) is 3.10. The summed E-state index contributed by atoms with van der Waals surface area (Å²) in [5.74, 6) is 0. The number of hydrogen-bond acceptors (Lipinski definition) is 4. The minimum absolute atomic E-state index is 0.0586. The molecule has 0 spiro atoms. The van der Waals surface area contributed by atoms with E-state index in [1.54, 1.807) is 12.5 Å². The van der Waals surface area contributed by atoms with Crippen molar-refractivity contribution in [1.82, 2.24) is 24.6 Å². The Kier molecular flexibility index (Phi) is 3.46. The highest BCUT2D eigenvalue weighted by molar-refractivity contribution is 5.83. The normalized spacial score (nSPS) is 16.9. The second kappa shape index (κ2) is 5.62. The van der Waals surface area contributed by atoms with E-state index >= 15 is 0 Å². The highest BCUT2D eigenvalue weighted by Crippen LogP contribution is 2.23. The number of likely N-dealkylation sites (tertiary alicyclic amines) is 1. The lowest BCUT2D eigenvalue weighted by molar-refractivity contribution is 0.218. The Hall–Kier alpha value is -2.47. The standard InChI is InChI=1S/C17H19N5O/c1-21-6-4-14(5-7-21)22-11-18-16-8-12(13-9-19-20-10-13)2-3-15(16)17(22)23/h2-3,8-11,14H,4-7H2,1H3,(H,19,20). The molecule has 1 N–H and O–H groups in total. The fourth-order valence-electron chi connectivity index (χ4n) is 3.26. The fraction of sp³-hybridized carbons (Fsp3) is 0.353. The minimum Gasteiger partial charge on any atom is -0.306 e. The molecular formula is C17H19N5O. The third-order valence-corrected chi connectivity index (χ3v) is 4.70. The van der Waals surface area contributed by atoms with Crippen molar-refractivity contribution in [1.29, 1.82) is 0 Å². The second-order valence-electron chi connectivity index (χ2n) is 6.21. The summed E-state index contributed by atoms with van der Waals surface area (Å²) in [6.45, 7) is 2.04. The Balaban J connectivity index is 1.74. The summed E-state index contributed by atoms with van der Waals surface area (Å²) in [6, 6.07) is 6.03. The van der Waals surface area contributed by atoms with Crippen LogP contribution in [0.5, 0.6) is 0 Å². The van der Waals surface area contributed by atoms with Crippen LogP contribution in [0.25, 0.3) is 22.0 Å². The second-order valence-corrected chi connectivity index (χ2v) is 6.21. The molecule has 23 heavy (non-hydrogen) atoms. The van der Waals surface area contributed by atoms with Gasteiger partial charge < -0.3 is 4.90 Å². The third-order valence-electron chi connectivity index (χ3n) is 4.70. The van der Waals surface area contributed by atoms with Crippen molar-refractivity contribution in [3.63, 3.8) is 0 Å². The minimum atomic E-state index is 0.0586. The lowest BCUT2D eigenvalue weighted by Gasteiger charge is -2.30. The topological polar surface area (TPSA) is 66.8 Å². The Morgan fingerprint density at radius 1 is 1.22 bits per heavy atom. The van der Waals surface area contributed by atoms with Gasteiger partial charge in [0.1, 0.15) is 0 Å². The van der Waals surface area contributed by atoms with Crippen LogP contribution in [0.15, 0.2) is 41.7 Å². The number of piperidine rings is 1. The van der Waals surface area contributed by atoms with Gasteiger partial charge in [0, 0.05) is 17.8 Å². The van der Waals surface area contributed by atoms with E-state index in [0.717, 1.165) is 42.6 Å². The molecule has 3 heterocycles. The van der Waals surface area contributed by atoms with Crippen LogP contribution in [0.3, 0.4) is 0 Å². The van der Waals surface area contributed by atoms with Gasteiger partial charge in [-0.3, -0.25) is 14.5 Å². The summed E-state index contributed by atoms with van der Waals surface area (Å²) in [5, 5.41) is 7.44. The molecule has 3 aromatic rings. The molecule has 1 aromatic carbocycles. The monoisotopic (exact) mass is 309 g/mol. The zero-order valence-electron chi connectivity index (χ0n) is 13.1. The van der Waals surface area contributed by atoms with E-state index in [1.807, 2.05) is 29.0 Å². The summed E-state index contributed by atoms with van der Waals surface area (Å²) < 4.78 is 1.81. The molecule has 0 amide bonds. The maximum Gasteiger partial charge on any atom is 0.261 e. The van der Waals surface area contributed by atoms with Crippen LogP contribution in [0.4, 0.5) is 0 Å². The van der Waals surface area contributed by atoms with Crippen LogP contribution in [0, 0.1) is 0 Å². The number of nitrogens with one attached hydrogen (secondary N) is 1. The van der Waals surface area contributed by atoms with Gasteiger partial charge in [0.05, 0.1) is 23.4 Å². The van der Waals surface area contributed by atoms with Gasteiger partial charge in [-0.2, -0.15) is 5.10 Å². The summed E-state index contributed by atoms with van der Waals surface area (Å²) in [6.07, 6.45) is 7.30. The van der Waals surface area contributed by atoms with Crippen LogP contribution in [-0.2, 0) is 0 Å². The van der Waals surface area contributed by atoms with E-state index in [2.05, 4.69) is 27.1 Å². The lowest BCUT2D eigenvalue weighted by atomic mass is 10.0. The summed E-state index contributed by atoms with van der Waals surface area (Å²) in [4.78, 5) is 19.6. The van der Waals surface area contributed by atoms with Crippen molar-refractivity contribution in [3.05, 3.63) is 47.3 Å². The van der Waals surface area contributed by atoms with Crippen molar-refractivity contribution >= 4 is 10.9 Å². The molecular weight excluding hydrogens is 290 g/mol. The zero-order valence-corrected chi connectivity index (χ0v) is 13.1. The maximum atomic E-state index is 12.8. The molecule has 0 bridgehead atoms. The van der Waals surface area contributed by atoms with E-state index in [4.69, 9.17) is 0 Å². The van der Waals surface area contributed by atoms with Gasteiger partial charge in [0.25, 0.3) is 5.56 Å². The lowest BCUT2D eigenvalue weighted by Crippen LogP contribution is -2.35. The van der Waals surface area contributed by atoms with Gasteiger partial charge in [-0.05, 0) is 50.7 Å². The smallest absolute Gasteiger partial charge is 0.261 e. The zero-order chi connectivity index (χ0) is 15.8. The van der Waals surface area contributed by atoms with Gasteiger partial charge in [0.15, 0.2) is 0 Å². The first kappa shape index (κ1) is 14.1. The van der Waals surface area contributed by atoms with Crippen LogP contribution in [0.1, 0.15) is 18.9 Å². The van der Waals surface area contributed by atoms with Crippen molar-refractivity contribution in [2.24, 2.45) is 0 Å². The molecule has 0 aliphatic carbocycles. The van der Waals surface area contributed by atoms with E-state index in [1.165, 1.54) is 0 Å². The van der Waals surface area contributed by atoms with Crippen molar-refractivity contribution in [3.8, 4) is 11.1 Å².